The fraction of sp³-hybridized carbons (Fsp3) is 0.130. The van der Waals surface area contributed by atoms with Gasteiger partial charge in [0, 0.05) is 36.1 Å². The van der Waals surface area contributed by atoms with Gasteiger partial charge < -0.3 is 10.1 Å². The number of nitrogens with one attached hydrogen (secondary N) is 1. The van der Waals surface area contributed by atoms with E-state index in [9.17, 15) is 4.39 Å². The summed E-state index contributed by atoms with van der Waals surface area (Å²) < 4.78 is 22.2. The molecule has 2 aromatic carbocycles. The van der Waals surface area contributed by atoms with Crippen molar-refractivity contribution in [1.29, 1.82) is 0 Å². The molecule has 148 valence electrons. The predicted molar refractivity (Wildman–Crippen MR) is 112 cm³/mol. The van der Waals surface area contributed by atoms with Crippen molar-refractivity contribution < 1.29 is 9.13 Å². The summed E-state index contributed by atoms with van der Waals surface area (Å²) in [6.07, 6.45) is 4.04. The van der Waals surface area contributed by atoms with Gasteiger partial charge in [0.25, 0.3) is 0 Å². The number of pyridine rings is 1. The molecule has 0 spiro atoms. The zero-order chi connectivity index (χ0) is 20.1. The summed E-state index contributed by atoms with van der Waals surface area (Å²) in [6.45, 7) is 0.687. The molecule has 1 atom stereocenters. The molecule has 30 heavy (non-hydrogen) atoms. The molecule has 4 heterocycles. The number of anilines is 3. The molecular formula is C23H18FN5O. The summed E-state index contributed by atoms with van der Waals surface area (Å²) in [5, 5.41) is 7.72. The molecule has 6 nitrogen and oxygen atoms in total. The van der Waals surface area contributed by atoms with Crippen LogP contribution in [0.25, 0.3) is 5.82 Å². The molecule has 0 amide bonds. The third kappa shape index (κ3) is 2.62. The molecule has 0 radical (unpaired) electrons. The molecule has 7 heteroatoms. The van der Waals surface area contributed by atoms with Crippen LogP contribution in [-0.2, 0) is 6.42 Å². The van der Waals surface area contributed by atoms with Crippen LogP contribution in [0.1, 0.15) is 17.3 Å². The van der Waals surface area contributed by atoms with Crippen LogP contribution in [0.15, 0.2) is 73.1 Å². The highest BCUT2D eigenvalue weighted by Gasteiger charge is 2.35. The number of halogens is 1. The molecular weight excluding hydrogens is 381 g/mol. The van der Waals surface area contributed by atoms with Crippen LogP contribution >= 0.6 is 0 Å². The summed E-state index contributed by atoms with van der Waals surface area (Å²) in [7, 11) is 0. The van der Waals surface area contributed by atoms with E-state index in [1.165, 1.54) is 11.6 Å². The fourth-order valence-electron chi connectivity index (χ4n) is 4.09. The van der Waals surface area contributed by atoms with Gasteiger partial charge in [0.15, 0.2) is 11.6 Å². The van der Waals surface area contributed by atoms with E-state index in [0.29, 0.717) is 23.8 Å². The lowest BCUT2D eigenvalue weighted by molar-refractivity contribution is 0.357. The first-order valence-corrected chi connectivity index (χ1v) is 9.85. The maximum absolute atomic E-state index is 14.7. The first kappa shape index (κ1) is 17.0. The first-order chi connectivity index (χ1) is 14.8. The summed E-state index contributed by atoms with van der Waals surface area (Å²) in [5.41, 5.74) is 3.46. The summed E-state index contributed by atoms with van der Waals surface area (Å²) >= 11 is 0. The van der Waals surface area contributed by atoms with Crippen molar-refractivity contribution in [3.8, 4) is 11.6 Å². The lowest BCUT2D eigenvalue weighted by Gasteiger charge is -2.27. The zero-order valence-electron chi connectivity index (χ0n) is 16.0. The number of fused-ring (bicyclic) bond motifs is 2. The minimum Gasteiger partial charge on any atom is -0.493 e. The van der Waals surface area contributed by atoms with Gasteiger partial charge in [-0.05, 0) is 35.9 Å². The molecule has 2 aliphatic heterocycles. The Labute approximate surface area is 172 Å². The van der Waals surface area contributed by atoms with Gasteiger partial charge in [0.05, 0.1) is 12.3 Å². The quantitative estimate of drug-likeness (QED) is 0.546. The third-order valence-electron chi connectivity index (χ3n) is 5.54. The van der Waals surface area contributed by atoms with Crippen LogP contribution in [0.3, 0.4) is 0 Å². The summed E-state index contributed by atoms with van der Waals surface area (Å²) in [5.74, 6) is 2.01. The number of benzene rings is 2. The highest BCUT2D eigenvalue weighted by atomic mass is 19.1. The van der Waals surface area contributed by atoms with Gasteiger partial charge >= 0.3 is 0 Å². The van der Waals surface area contributed by atoms with Crippen LogP contribution < -0.4 is 15.0 Å². The van der Waals surface area contributed by atoms with Gasteiger partial charge in [0.2, 0.25) is 0 Å². The minimum atomic E-state index is -0.430. The van der Waals surface area contributed by atoms with Crippen molar-refractivity contribution in [1.82, 2.24) is 14.8 Å². The lowest BCUT2D eigenvalue weighted by atomic mass is 10.1. The van der Waals surface area contributed by atoms with E-state index in [0.717, 1.165) is 23.5 Å². The van der Waals surface area contributed by atoms with E-state index < -0.39 is 6.17 Å². The Kier molecular flexibility index (Phi) is 3.74. The zero-order valence-corrected chi connectivity index (χ0v) is 16.0. The molecule has 2 aliphatic rings. The molecule has 0 aliphatic carbocycles. The maximum Gasteiger partial charge on any atom is 0.161 e. The molecule has 1 unspecified atom stereocenters. The van der Waals surface area contributed by atoms with Crippen LogP contribution in [0.2, 0.25) is 0 Å². The SMILES string of the molecule is Fc1ccccc1C1Nc2ccc(-n3cccn3)nc2N1c1ccc2c(c1)OCC2. The Balaban J connectivity index is 1.52. The second kappa shape index (κ2) is 6.59. The highest BCUT2D eigenvalue weighted by Crippen LogP contribution is 2.46. The fourth-order valence-corrected chi connectivity index (χ4v) is 4.09. The number of hydrogen-bond donors (Lipinski definition) is 1. The van der Waals surface area contributed by atoms with Gasteiger partial charge in [-0.25, -0.2) is 14.1 Å². The van der Waals surface area contributed by atoms with E-state index in [4.69, 9.17) is 9.72 Å². The molecule has 0 fully saturated rings. The topological polar surface area (TPSA) is 55.2 Å². The molecule has 1 N–H and O–H groups in total. The van der Waals surface area contributed by atoms with Gasteiger partial charge in [-0.15, -0.1) is 0 Å². The van der Waals surface area contributed by atoms with Gasteiger partial charge in [-0.3, -0.25) is 4.90 Å². The van der Waals surface area contributed by atoms with Crippen molar-refractivity contribution in [2.75, 3.05) is 16.8 Å². The summed E-state index contributed by atoms with van der Waals surface area (Å²) in [6, 6.07) is 18.6. The van der Waals surface area contributed by atoms with E-state index in [-0.39, 0.29) is 5.82 Å². The summed E-state index contributed by atoms with van der Waals surface area (Å²) in [4.78, 5) is 6.87. The normalized spacial score (nSPS) is 16.7. The van der Waals surface area contributed by atoms with E-state index in [1.54, 1.807) is 23.0 Å². The predicted octanol–water partition coefficient (Wildman–Crippen LogP) is 4.60. The molecule has 0 saturated carbocycles. The minimum absolute atomic E-state index is 0.266. The lowest BCUT2D eigenvalue weighted by Crippen LogP contribution is -2.25. The van der Waals surface area contributed by atoms with E-state index >= 15 is 0 Å². The van der Waals surface area contributed by atoms with E-state index in [1.807, 2.05) is 47.5 Å². The Morgan fingerprint density at radius 2 is 2.00 bits per heavy atom. The van der Waals surface area contributed by atoms with Crippen molar-refractivity contribution in [3.63, 3.8) is 0 Å². The standard InChI is InChI=1S/C23H18FN5O/c24-18-5-2-1-4-17(18)22-26-19-8-9-21(28-12-3-11-25-28)27-23(19)29(22)16-7-6-15-10-13-30-20(15)14-16/h1-9,11-12,14,22,26H,10,13H2. The van der Waals surface area contributed by atoms with Crippen LogP contribution in [-0.4, -0.2) is 21.4 Å². The molecule has 0 saturated heterocycles. The van der Waals surface area contributed by atoms with Gasteiger partial charge in [0.1, 0.15) is 17.7 Å². The Morgan fingerprint density at radius 3 is 2.87 bits per heavy atom. The largest absolute Gasteiger partial charge is 0.493 e. The Morgan fingerprint density at radius 1 is 1.07 bits per heavy atom. The van der Waals surface area contributed by atoms with Crippen molar-refractivity contribution in [3.05, 3.63) is 90.0 Å². The monoisotopic (exact) mass is 399 g/mol. The number of rotatable bonds is 3. The van der Waals surface area contributed by atoms with Crippen molar-refractivity contribution in [2.45, 2.75) is 12.6 Å². The van der Waals surface area contributed by atoms with Gasteiger partial charge in [-0.2, -0.15) is 5.10 Å². The molecule has 6 rings (SSSR count). The van der Waals surface area contributed by atoms with Crippen molar-refractivity contribution >= 4 is 17.2 Å². The highest BCUT2D eigenvalue weighted by molar-refractivity contribution is 5.81. The Bertz CT molecular complexity index is 1240. The van der Waals surface area contributed by atoms with E-state index in [2.05, 4.69) is 16.5 Å². The number of nitrogens with zero attached hydrogens (tertiary/aromatic N) is 4. The molecule has 0 bridgehead atoms. The second-order valence-corrected chi connectivity index (χ2v) is 7.32. The van der Waals surface area contributed by atoms with Crippen molar-refractivity contribution in [2.24, 2.45) is 0 Å². The van der Waals surface area contributed by atoms with Crippen LogP contribution in [0, 0.1) is 5.82 Å². The molecule has 2 aromatic heterocycles. The van der Waals surface area contributed by atoms with Crippen LogP contribution in [0.5, 0.6) is 5.75 Å². The van der Waals surface area contributed by atoms with Gasteiger partial charge in [-0.1, -0.05) is 24.3 Å². The number of aromatic nitrogens is 3. The first-order valence-electron chi connectivity index (χ1n) is 9.85. The second-order valence-electron chi connectivity index (χ2n) is 7.32. The number of ether oxygens (including phenoxy) is 1. The third-order valence-corrected chi connectivity index (χ3v) is 5.54. The maximum atomic E-state index is 14.7. The Hall–Kier alpha value is -3.87. The average Bonchev–Trinajstić information content (AvgIpc) is 3.51. The average molecular weight is 399 g/mol. The smallest absolute Gasteiger partial charge is 0.161 e. The number of hydrogen-bond acceptors (Lipinski definition) is 5. The van der Waals surface area contributed by atoms with Crippen LogP contribution in [0.4, 0.5) is 21.6 Å². The molecule has 4 aromatic rings.